The Morgan fingerprint density at radius 1 is 1.00 bits per heavy atom. The molecule has 0 unspecified atom stereocenters. The maximum atomic E-state index is 14.0. The van der Waals surface area contributed by atoms with E-state index < -0.39 is 83.7 Å². The summed E-state index contributed by atoms with van der Waals surface area (Å²) in [6, 6.07) is -1.66. The molecule has 1 amide bonds. The summed E-state index contributed by atoms with van der Waals surface area (Å²) < 4.78 is 22.6. The number of likely N-dealkylation sites (tertiary alicyclic amines) is 1. The Balaban J connectivity index is 1.79. The van der Waals surface area contributed by atoms with Crippen LogP contribution in [0.5, 0.6) is 0 Å². The first kappa shape index (κ1) is 46.1. The molecule has 0 radical (unpaired) electrons. The molecule has 1 aliphatic carbocycles. The highest BCUT2D eigenvalue weighted by Gasteiger charge is 2.52. The summed E-state index contributed by atoms with van der Waals surface area (Å²) in [4.78, 5) is 55.1. The first-order valence-corrected chi connectivity index (χ1v) is 19.9. The quantitative estimate of drug-likeness (QED) is 0.0727. The predicted octanol–water partition coefficient (Wildman–Crippen LogP) is 2.59. The van der Waals surface area contributed by atoms with Crippen molar-refractivity contribution in [3.63, 3.8) is 0 Å². The van der Waals surface area contributed by atoms with Crippen LogP contribution in [0, 0.1) is 23.7 Å². The molecule has 54 heavy (non-hydrogen) atoms. The van der Waals surface area contributed by atoms with E-state index in [2.05, 4.69) is 0 Å². The van der Waals surface area contributed by atoms with Crippen LogP contribution in [-0.2, 0) is 38.1 Å². The van der Waals surface area contributed by atoms with Crippen LogP contribution < -0.4 is 5.73 Å². The van der Waals surface area contributed by atoms with Crippen molar-refractivity contribution in [3.8, 4) is 0 Å². The molecule has 0 aromatic carbocycles. The number of aliphatic hydroxyl groups excluding tert-OH is 3. The number of nitrogens with two attached hydrogens (primary N) is 1. The number of ether oxygens (including phenoxy) is 4. The molecule has 0 spiro atoms. The third-order valence-electron chi connectivity index (χ3n) is 11.7. The third-order valence-corrected chi connectivity index (χ3v) is 11.7. The van der Waals surface area contributed by atoms with Crippen LogP contribution in [0.3, 0.4) is 0 Å². The topological polar surface area (TPSA) is 215 Å². The number of rotatable bonds is 19. The van der Waals surface area contributed by atoms with Crippen molar-refractivity contribution in [2.75, 3.05) is 27.4 Å². The SMILES string of the molecule is COCC[C@@H]1CC[C@@H](C)[C@](O)(C(=O)C(=O)N2CCCC[C@H]2C(=O)O[C@@H](CC[C@H](C)/C=C(\C)[C@@H](O)[C@@H](O)C(=O)C(C)C)[C@H](N)C[C@@H]2CC[C@@H](O)[C@H](OC)C2)O1. The van der Waals surface area contributed by atoms with Crippen molar-refractivity contribution in [1.82, 2.24) is 4.90 Å². The van der Waals surface area contributed by atoms with Crippen LogP contribution in [0.1, 0.15) is 112 Å². The molecular formula is C40H68N2O12. The minimum absolute atomic E-state index is 0.112. The van der Waals surface area contributed by atoms with E-state index in [1.54, 1.807) is 48.0 Å². The standard InChI is InChI=1S/C40H68N2O12/c1-23(2)34(44)36(46)35(45)25(4)20-24(3)11-16-32(29(41)21-27-13-15-31(43)33(22-27)52-7)53-39(49)30-10-8-9-18-42(30)38(48)37(47)40(50)26(5)12-14-28(54-40)17-19-51-6/h20,23-24,26-33,35-36,43,45-46,50H,8-19,21-22,41H2,1-7H3/b25-20+/t24-,26+,27-,28-,29+,30-,31+,32-,33+,35+,36-,40+/m0/s1. The summed E-state index contributed by atoms with van der Waals surface area (Å²) in [6.45, 7) is 9.05. The molecule has 3 rings (SSSR count). The Kier molecular flexibility index (Phi) is 18.2. The number of hydrogen-bond acceptors (Lipinski definition) is 13. The highest BCUT2D eigenvalue weighted by atomic mass is 16.6. The van der Waals surface area contributed by atoms with E-state index in [1.165, 1.54) is 4.90 Å². The van der Waals surface area contributed by atoms with Gasteiger partial charge in [-0.25, -0.2) is 4.79 Å². The molecule has 14 heteroatoms. The van der Waals surface area contributed by atoms with Gasteiger partial charge in [0.1, 0.15) is 24.4 Å². The number of allylic oxidation sites excluding steroid dienone is 1. The molecule has 0 aromatic heterocycles. The van der Waals surface area contributed by atoms with Crippen molar-refractivity contribution in [2.45, 2.75) is 166 Å². The molecule has 0 aromatic rings. The fourth-order valence-electron chi connectivity index (χ4n) is 8.09. The molecule has 3 aliphatic rings. The van der Waals surface area contributed by atoms with E-state index in [4.69, 9.17) is 24.7 Å². The molecule has 1 saturated carbocycles. The second kappa shape index (κ2) is 21.3. The van der Waals surface area contributed by atoms with E-state index in [9.17, 15) is 39.6 Å². The lowest BCUT2D eigenvalue weighted by Gasteiger charge is -2.42. The van der Waals surface area contributed by atoms with Crippen molar-refractivity contribution >= 4 is 23.4 Å². The smallest absolute Gasteiger partial charge is 0.329 e. The van der Waals surface area contributed by atoms with Gasteiger partial charge in [-0.1, -0.05) is 33.8 Å². The number of carbonyl (C=O) groups excluding carboxylic acids is 4. The molecule has 310 valence electrons. The van der Waals surface area contributed by atoms with Gasteiger partial charge in [-0.3, -0.25) is 14.4 Å². The maximum absolute atomic E-state index is 14.0. The number of hydrogen-bond donors (Lipinski definition) is 5. The first-order valence-electron chi connectivity index (χ1n) is 19.9. The Hall–Kier alpha value is -2.30. The maximum Gasteiger partial charge on any atom is 0.329 e. The van der Waals surface area contributed by atoms with E-state index in [1.807, 2.05) is 6.92 Å². The molecular weight excluding hydrogens is 700 g/mol. The average molecular weight is 769 g/mol. The molecule has 2 saturated heterocycles. The summed E-state index contributed by atoms with van der Waals surface area (Å²) in [6.07, 6.45) is 2.95. The Morgan fingerprint density at radius 3 is 2.35 bits per heavy atom. The minimum atomic E-state index is -2.33. The lowest BCUT2D eigenvalue weighted by molar-refractivity contribution is -0.264. The Morgan fingerprint density at radius 2 is 1.70 bits per heavy atom. The normalized spacial score (nSPS) is 31.0. The highest BCUT2D eigenvalue weighted by molar-refractivity contribution is 6.39. The summed E-state index contributed by atoms with van der Waals surface area (Å²) in [5.41, 5.74) is 7.25. The number of methoxy groups -OCH3 is 2. The molecule has 2 heterocycles. The van der Waals surface area contributed by atoms with Gasteiger partial charge in [0, 0.05) is 45.2 Å². The van der Waals surface area contributed by atoms with Crippen LogP contribution in [-0.4, -0.2) is 131 Å². The summed E-state index contributed by atoms with van der Waals surface area (Å²) >= 11 is 0. The van der Waals surface area contributed by atoms with Gasteiger partial charge in [-0.15, -0.1) is 0 Å². The number of nitrogens with zero attached hydrogens (tertiary/aromatic N) is 1. The zero-order chi connectivity index (χ0) is 40.3. The summed E-state index contributed by atoms with van der Waals surface area (Å²) in [5.74, 6) is -6.68. The van der Waals surface area contributed by atoms with Crippen molar-refractivity contribution in [1.29, 1.82) is 0 Å². The van der Waals surface area contributed by atoms with Gasteiger partial charge < -0.3 is 50.0 Å². The van der Waals surface area contributed by atoms with Crippen LogP contribution in [0.15, 0.2) is 11.6 Å². The molecule has 2 aliphatic heterocycles. The fourth-order valence-corrected chi connectivity index (χ4v) is 8.09. The van der Waals surface area contributed by atoms with Crippen LogP contribution in [0.4, 0.5) is 0 Å². The van der Waals surface area contributed by atoms with Gasteiger partial charge in [0.25, 0.3) is 11.7 Å². The lowest BCUT2D eigenvalue weighted by atomic mass is 9.80. The molecule has 12 atom stereocenters. The van der Waals surface area contributed by atoms with Gasteiger partial charge in [0.15, 0.2) is 5.78 Å². The van der Waals surface area contributed by atoms with E-state index in [0.717, 1.165) is 6.42 Å². The number of carbonyl (C=O) groups is 4. The monoisotopic (exact) mass is 768 g/mol. The van der Waals surface area contributed by atoms with Gasteiger partial charge >= 0.3 is 5.97 Å². The van der Waals surface area contributed by atoms with Crippen LogP contribution >= 0.6 is 0 Å². The highest BCUT2D eigenvalue weighted by Crippen LogP contribution is 2.36. The van der Waals surface area contributed by atoms with Crippen LogP contribution in [0.2, 0.25) is 0 Å². The van der Waals surface area contributed by atoms with Gasteiger partial charge in [-0.2, -0.15) is 0 Å². The zero-order valence-corrected chi connectivity index (χ0v) is 33.5. The zero-order valence-electron chi connectivity index (χ0n) is 33.5. The summed E-state index contributed by atoms with van der Waals surface area (Å²) in [5, 5.41) is 42.8. The number of amides is 1. The van der Waals surface area contributed by atoms with Gasteiger partial charge in [0.2, 0.25) is 5.79 Å². The number of Topliss-reactive ketones (excluding diaryl/α,β-unsaturated/α-hetero) is 2. The number of esters is 1. The van der Waals surface area contributed by atoms with E-state index >= 15 is 0 Å². The number of aliphatic hydroxyl groups is 4. The molecule has 3 fully saturated rings. The Labute approximate surface area is 321 Å². The van der Waals surface area contributed by atoms with Crippen molar-refractivity contribution in [2.24, 2.45) is 29.4 Å². The van der Waals surface area contributed by atoms with Gasteiger partial charge in [-0.05, 0) is 101 Å². The minimum Gasteiger partial charge on any atom is -0.459 e. The summed E-state index contributed by atoms with van der Waals surface area (Å²) in [7, 11) is 3.11. The number of ketones is 2. The second-order valence-electron chi connectivity index (χ2n) is 16.3. The van der Waals surface area contributed by atoms with Crippen LogP contribution in [0.25, 0.3) is 0 Å². The molecule has 0 bridgehead atoms. The Bertz CT molecular complexity index is 1280. The average Bonchev–Trinajstić information content (AvgIpc) is 3.15. The fraction of sp³-hybridized carbons (Fsp3) is 0.850. The molecule has 6 N–H and O–H groups in total. The number of piperidine rings is 1. The van der Waals surface area contributed by atoms with Crippen molar-refractivity contribution < 1.29 is 58.6 Å². The van der Waals surface area contributed by atoms with Gasteiger partial charge in [0.05, 0.1) is 18.3 Å². The predicted molar refractivity (Wildman–Crippen MR) is 200 cm³/mol. The van der Waals surface area contributed by atoms with E-state index in [0.29, 0.717) is 76.4 Å². The lowest BCUT2D eigenvalue weighted by Crippen LogP contribution is -2.60. The van der Waals surface area contributed by atoms with Crippen molar-refractivity contribution in [3.05, 3.63) is 11.6 Å². The second-order valence-corrected chi connectivity index (χ2v) is 16.3. The van der Waals surface area contributed by atoms with E-state index in [-0.39, 0.29) is 30.9 Å². The largest absolute Gasteiger partial charge is 0.459 e. The first-order chi connectivity index (χ1) is 25.4. The third kappa shape index (κ3) is 12.1. The molecule has 14 nitrogen and oxygen atoms in total.